The van der Waals surface area contributed by atoms with Gasteiger partial charge in [0.1, 0.15) is 0 Å². The van der Waals surface area contributed by atoms with Crippen molar-refractivity contribution in [2.75, 3.05) is 0 Å². The molecule has 0 amide bonds. The zero-order valence-corrected chi connectivity index (χ0v) is 20.6. The molecule has 0 radical (unpaired) electrons. The third kappa shape index (κ3) is 11.4. The predicted octanol–water partition coefficient (Wildman–Crippen LogP) is 9.16. The number of hydrogen-bond acceptors (Lipinski definition) is 0. The lowest BCUT2D eigenvalue weighted by atomic mass is 10.1. The van der Waals surface area contributed by atoms with Crippen molar-refractivity contribution >= 4 is 26.5 Å². The highest BCUT2D eigenvalue weighted by Gasteiger charge is 2.41. The average Bonchev–Trinajstić information content (AvgIpc) is 2.52. The van der Waals surface area contributed by atoms with E-state index in [1.54, 1.807) is 0 Å². The van der Waals surface area contributed by atoms with Crippen molar-refractivity contribution in [1.29, 1.82) is 0 Å². The van der Waals surface area contributed by atoms with Crippen LogP contribution in [0.3, 0.4) is 0 Å². The van der Waals surface area contributed by atoms with E-state index in [-0.39, 0.29) is 0 Å². The molecule has 0 aliphatic rings. The fourth-order valence-corrected chi connectivity index (χ4v) is 17.1. The normalized spacial score (nSPS) is 14.1. The summed E-state index contributed by atoms with van der Waals surface area (Å²) in [5.41, 5.74) is 0. The molecule has 146 valence electrons. The Labute approximate surface area is 161 Å². The van der Waals surface area contributed by atoms with E-state index < -0.39 is 15.5 Å². The van der Waals surface area contributed by atoms with E-state index in [0.717, 1.165) is 5.16 Å². The second-order valence-corrected chi connectivity index (χ2v) is 21.6. The first-order valence-electron chi connectivity index (χ1n) is 11.0. The highest BCUT2D eigenvalue weighted by molar-refractivity contribution is 7.24. The Morgan fingerprint density at radius 1 is 0.625 bits per heavy atom. The molecule has 0 aliphatic carbocycles. The summed E-state index contributed by atoms with van der Waals surface area (Å²) in [5.74, 6) is 0. The maximum absolute atomic E-state index is 6.90. The summed E-state index contributed by atoms with van der Waals surface area (Å²) in [6.07, 6.45) is 17.2. The molecule has 0 aliphatic heterocycles. The van der Waals surface area contributed by atoms with Crippen molar-refractivity contribution in [3.05, 3.63) is 0 Å². The first-order valence-corrected chi connectivity index (χ1v) is 18.0. The van der Waals surface area contributed by atoms with Crippen LogP contribution in [-0.2, 0) is 0 Å². The highest BCUT2D eigenvalue weighted by atomic mass is 35.6. The van der Waals surface area contributed by atoms with Gasteiger partial charge in [0.25, 0.3) is 0 Å². The van der Waals surface area contributed by atoms with Crippen LogP contribution in [0, 0.1) is 0 Å². The fraction of sp³-hybridized carbons (Fsp3) is 1.00. The fourth-order valence-electron chi connectivity index (χ4n) is 4.00. The van der Waals surface area contributed by atoms with Crippen LogP contribution in [0.4, 0.5) is 0 Å². The van der Waals surface area contributed by atoms with Crippen LogP contribution in [0.25, 0.3) is 0 Å². The molecule has 1 unspecified atom stereocenters. The van der Waals surface area contributed by atoms with Crippen LogP contribution in [0.5, 0.6) is 0 Å². The van der Waals surface area contributed by atoms with E-state index >= 15 is 0 Å². The largest absolute Gasteiger partial charge is 0.168 e. The number of halogens is 1. The summed E-state index contributed by atoms with van der Waals surface area (Å²) in [6, 6.07) is 3.05. The van der Waals surface area contributed by atoms with Gasteiger partial charge < -0.3 is 0 Å². The van der Waals surface area contributed by atoms with Crippen LogP contribution in [0.1, 0.15) is 97.8 Å². The van der Waals surface area contributed by atoms with Gasteiger partial charge in [0.2, 0.25) is 0 Å². The Hall–Kier alpha value is 0.724. The van der Waals surface area contributed by atoms with Gasteiger partial charge in [0.15, 0.2) is 7.38 Å². The molecule has 1 atom stereocenters. The van der Waals surface area contributed by atoms with E-state index in [0.29, 0.717) is 0 Å². The Bertz CT molecular complexity index is 270. The summed E-state index contributed by atoms with van der Waals surface area (Å²) in [5, 5.41) is 0.845. The molecule has 24 heavy (non-hydrogen) atoms. The second-order valence-electron chi connectivity index (χ2n) is 8.98. The van der Waals surface area contributed by atoms with E-state index in [4.69, 9.17) is 11.1 Å². The van der Waals surface area contributed by atoms with Crippen LogP contribution in [0.2, 0.25) is 36.9 Å². The van der Waals surface area contributed by atoms with Gasteiger partial charge >= 0.3 is 0 Å². The summed E-state index contributed by atoms with van der Waals surface area (Å²) >= 11 is 6.90. The average molecular weight is 391 g/mol. The third-order valence-corrected chi connectivity index (χ3v) is 19.2. The highest BCUT2D eigenvalue weighted by Crippen LogP contribution is 2.41. The molecule has 0 fully saturated rings. The minimum Gasteiger partial charge on any atom is -0.168 e. The zero-order valence-electron chi connectivity index (χ0n) is 17.9. The van der Waals surface area contributed by atoms with Gasteiger partial charge in [-0.25, -0.2) is 0 Å². The lowest BCUT2D eigenvalue weighted by Gasteiger charge is -2.39. The van der Waals surface area contributed by atoms with Crippen molar-refractivity contribution in [2.45, 2.75) is 135 Å². The molecule has 0 aromatic carbocycles. The van der Waals surface area contributed by atoms with Crippen molar-refractivity contribution in [3.8, 4) is 0 Å². The molecular formula is C21H47ClSi2. The first-order chi connectivity index (χ1) is 11.3. The van der Waals surface area contributed by atoms with Crippen molar-refractivity contribution in [1.82, 2.24) is 0 Å². The van der Waals surface area contributed by atoms with Gasteiger partial charge in [0, 0.05) is 0 Å². The Balaban J connectivity index is 4.34. The molecule has 0 aromatic heterocycles. The summed E-state index contributed by atoms with van der Waals surface area (Å²) in [7, 11) is -2.72. The lowest BCUT2D eigenvalue weighted by Crippen LogP contribution is -2.45. The predicted molar refractivity (Wildman–Crippen MR) is 121 cm³/mol. The number of rotatable bonds is 16. The molecule has 0 nitrogen and oxygen atoms in total. The van der Waals surface area contributed by atoms with Gasteiger partial charge in [-0.3, -0.25) is 0 Å². The Kier molecular flexibility index (Phi) is 14.3. The maximum Gasteiger partial charge on any atom is 0.150 e. The molecule has 3 heteroatoms. The topological polar surface area (TPSA) is 0 Å². The standard InChI is InChI=1S/C21H47ClSi2/c1-7-9-11-13-15-17-19-24(6,21(3)23(4,5)22)20-18-16-14-12-10-8-2/h21H,7-20H2,1-6H3. The SMILES string of the molecule is CCCCCCCC[Si](C)(CCCCCCCC)C(C)[Si](C)(C)Cl. The van der Waals surface area contributed by atoms with Crippen LogP contribution >= 0.6 is 11.1 Å². The van der Waals surface area contributed by atoms with Gasteiger partial charge in [-0.05, 0) is 5.16 Å². The molecule has 0 saturated carbocycles. The minimum atomic E-state index is -1.52. The molecular weight excluding hydrogens is 344 g/mol. The van der Waals surface area contributed by atoms with Crippen LogP contribution in [0.15, 0.2) is 0 Å². The second kappa shape index (κ2) is 13.9. The van der Waals surface area contributed by atoms with Gasteiger partial charge in [-0.15, -0.1) is 0 Å². The number of hydrogen-bond donors (Lipinski definition) is 0. The maximum atomic E-state index is 6.90. The Morgan fingerprint density at radius 3 is 1.29 bits per heavy atom. The van der Waals surface area contributed by atoms with Crippen molar-refractivity contribution < 1.29 is 0 Å². The van der Waals surface area contributed by atoms with Gasteiger partial charge in [-0.1, -0.05) is 130 Å². The zero-order chi connectivity index (χ0) is 18.5. The summed E-state index contributed by atoms with van der Waals surface area (Å²) < 4.78 is 0. The van der Waals surface area contributed by atoms with E-state index in [1.165, 1.54) is 89.1 Å². The molecule has 0 bridgehead atoms. The lowest BCUT2D eigenvalue weighted by molar-refractivity contribution is 0.613. The smallest absolute Gasteiger partial charge is 0.150 e. The van der Waals surface area contributed by atoms with Crippen LogP contribution < -0.4 is 0 Å². The number of unbranched alkanes of at least 4 members (excludes halogenated alkanes) is 10. The van der Waals surface area contributed by atoms with E-state index in [2.05, 4.69) is 40.4 Å². The Morgan fingerprint density at radius 2 is 0.958 bits per heavy atom. The van der Waals surface area contributed by atoms with Crippen molar-refractivity contribution in [3.63, 3.8) is 0 Å². The van der Waals surface area contributed by atoms with E-state index in [9.17, 15) is 0 Å². The minimum absolute atomic E-state index is 0.845. The summed E-state index contributed by atoms with van der Waals surface area (Å²) in [4.78, 5) is 0. The monoisotopic (exact) mass is 390 g/mol. The van der Waals surface area contributed by atoms with Crippen LogP contribution in [-0.4, -0.2) is 15.5 Å². The quantitative estimate of drug-likeness (QED) is 0.140. The molecule has 0 rings (SSSR count). The molecule has 0 aromatic rings. The third-order valence-electron chi connectivity index (χ3n) is 6.28. The molecule has 0 N–H and O–H groups in total. The van der Waals surface area contributed by atoms with Gasteiger partial charge in [-0.2, -0.15) is 11.1 Å². The summed E-state index contributed by atoms with van der Waals surface area (Å²) in [6.45, 7) is 14.6. The molecule has 0 spiro atoms. The van der Waals surface area contributed by atoms with Crippen molar-refractivity contribution in [2.24, 2.45) is 0 Å². The molecule has 0 heterocycles. The molecule has 0 saturated heterocycles. The first kappa shape index (κ1) is 24.7. The van der Waals surface area contributed by atoms with Gasteiger partial charge in [0.05, 0.1) is 8.07 Å². The van der Waals surface area contributed by atoms with E-state index in [1.807, 2.05) is 0 Å².